The molecule has 0 bridgehead atoms. The molecule has 0 spiro atoms. The summed E-state index contributed by atoms with van der Waals surface area (Å²) < 4.78 is 39.7. The summed E-state index contributed by atoms with van der Waals surface area (Å²) in [4.78, 5) is 12.1. The number of aliphatic hydroxyl groups excluding tert-OH is 1. The van der Waals surface area contributed by atoms with Gasteiger partial charge in [-0.2, -0.15) is 13.2 Å². The highest BCUT2D eigenvalue weighted by Crippen LogP contribution is 2.16. The van der Waals surface area contributed by atoms with Gasteiger partial charge in [0.1, 0.15) is 18.1 Å². The standard InChI is InChI=1S/C12H12F3NO3S/c13-12(14,15)8-19-6-4-16-11(18)10-9(2-1-5-17)3-7-20-10/h3,7,17H,4-6,8H2,(H,16,18). The van der Waals surface area contributed by atoms with Crippen molar-refractivity contribution in [3.63, 3.8) is 0 Å². The first-order chi connectivity index (χ1) is 9.44. The van der Waals surface area contributed by atoms with E-state index >= 15 is 0 Å². The Morgan fingerprint density at radius 1 is 1.50 bits per heavy atom. The van der Waals surface area contributed by atoms with Gasteiger partial charge in [0, 0.05) is 12.1 Å². The Labute approximate surface area is 117 Å². The Hall–Kier alpha value is -1.56. The summed E-state index contributed by atoms with van der Waals surface area (Å²) in [6, 6.07) is 1.63. The molecule has 4 nitrogen and oxygen atoms in total. The van der Waals surface area contributed by atoms with Crippen LogP contribution in [0.2, 0.25) is 0 Å². The molecule has 0 aromatic carbocycles. The number of thiophene rings is 1. The van der Waals surface area contributed by atoms with Crippen LogP contribution in [0.5, 0.6) is 0 Å². The zero-order valence-corrected chi connectivity index (χ0v) is 11.1. The maximum Gasteiger partial charge on any atom is 0.411 e. The summed E-state index contributed by atoms with van der Waals surface area (Å²) in [5.74, 6) is 4.60. The molecule has 8 heteroatoms. The first kappa shape index (κ1) is 16.5. The van der Waals surface area contributed by atoms with Crippen LogP contribution in [-0.4, -0.2) is 43.6 Å². The number of carbonyl (C=O) groups excluding carboxylic acids is 1. The largest absolute Gasteiger partial charge is 0.411 e. The van der Waals surface area contributed by atoms with Gasteiger partial charge in [-0.15, -0.1) is 11.3 Å². The third-order valence-corrected chi connectivity index (χ3v) is 2.88. The second-order valence-corrected chi connectivity index (χ2v) is 4.46. The summed E-state index contributed by atoms with van der Waals surface area (Å²) in [6.45, 7) is -1.91. The number of ether oxygens (including phenoxy) is 1. The number of aliphatic hydroxyl groups is 1. The molecule has 1 amide bonds. The predicted octanol–water partition coefficient (Wildman–Crippen LogP) is 1.40. The van der Waals surface area contributed by atoms with E-state index in [0.29, 0.717) is 10.4 Å². The van der Waals surface area contributed by atoms with Crippen molar-refractivity contribution in [2.24, 2.45) is 0 Å². The van der Waals surface area contributed by atoms with Crippen LogP contribution in [-0.2, 0) is 4.74 Å². The molecule has 0 radical (unpaired) electrons. The molecule has 1 rings (SSSR count). The van der Waals surface area contributed by atoms with E-state index in [4.69, 9.17) is 5.11 Å². The van der Waals surface area contributed by atoms with Crippen molar-refractivity contribution < 1.29 is 27.8 Å². The Bertz CT molecular complexity index is 502. The van der Waals surface area contributed by atoms with Crippen LogP contribution in [0, 0.1) is 11.8 Å². The molecule has 0 aliphatic carbocycles. The van der Waals surface area contributed by atoms with Crippen LogP contribution in [0.15, 0.2) is 11.4 Å². The Balaban J connectivity index is 2.38. The van der Waals surface area contributed by atoms with E-state index in [1.807, 2.05) is 0 Å². The highest BCUT2D eigenvalue weighted by atomic mass is 32.1. The molecular formula is C12H12F3NO3S. The van der Waals surface area contributed by atoms with Gasteiger partial charge in [-0.1, -0.05) is 11.8 Å². The number of hydrogen-bond acceptors (Lipinski definition) is 4. The molecule has 2 N–H and O–H groups in total. The molecule has 0 unspecified atom stereocenters. The number of halogens is 3. The van der Waals surface area contributed by atoms with Crippen LogP contribution < -0.4 is 5.32 Å². The molecule has 1 aromatic heterocycles. The normalized spacial score (nSPS) is 10.8. The van der Waals surface area contributed by atoms with Gasteiger partial charge in [-0.25, -0.2) is 0 Å². The minimum Gasteiger partial charge on any atom is -0.384 e. The third kappa shape index (κ3) is 6.06. The van der Waals surface area contributed by atoms with E-state index < -0.39 is 18.7 Å². The Kier molecular flexibility index (Phi) is 6.51. The van der Waals surface area contributed by atoms with Crippen molar-refractivity contribution in [3.8, 4) is 11.8 Å². The lowest BCUT2D eigenvalue weighted by atomic mass is 10.2. The number of rotatable bonds is 5. The van der Waals surface area contributed by atoms with Crippen LogP contribution >= 0.6 is 11.3 Å². The minimum atomic E-state index is -4.37. The summed E-state index contributed by atoms with van der Waals surface area (Å²) in [5.41, 5.74) is 0.470. The van der Waals surface area contributed by atoms with Crippen LogP contribution in [0.1, 0.15) is 15.2 Å². The lowest BCUT2D eigenvalue weighted by Crippen LogP contribution is -2.28. The fourth-order valence-corrected chi connectivity index (χ4v) is 1.99. The van der Waals surface area contributed by atoms with E-state index in [2.05, 4.69) is 21.9 Å². The number of amides is 1. The van der Waals surface area contributed by atoms with Gasteiger partial charge in [0.2, 0.25) is 0 Å². The van der Waals surface area contributed by atoms with Gasteiger partial charge in [0.15, 0.2) is 0 Å². The number of carbonyl (C=O) groups is 1. The number of hydrogen-bond donors (Lipinski definition) is 2. The highest BCUT2D eigenvalue weighted by Gasteiger charge is 2.27. The van der Waals surface area contributed by atoms with E-state index in [1.54, 1.807) is 11.4 Å². The van der Waals surface area contributed by atoms with Crippen molar-refractivity contribution >= 4 is 17.2 Å². The molecule has 20 heavy (non-hydrogen) atoms. The van der Waals surface area contributed by atoms with E-state index in [-0.39, 0.29) is 19.8 Å². The monoisotopic (exact) mass is 307 g/mol. The molecular weight excluding hydrogens is 295 g/mol. The summed E-state index contributed by atoms with van der Waals surface area (Å²) >= 11 is 1.16. The number of nitrogens with one attached hydrogen (secondary N) is 1. The molecule has 0 saturated carbocycles. The Morgan fingerprint density at radius 3 is 2.90 bits per heavy atom. The second kappa shape index (κ2) is 7.89. The minimum absolute atomic E-state index is 0.0281. The van der Waals surface area contributed by atoms with Crippen molar-refractivity contribution in [1.29, 1.82) is 0 Å². The van der Waals surface area contributed by atoms with Gasteiger partial charge in [-0.3, -0.25) is 4.79 Å². The topological polar surface area (TPSA) is 58.6 Å². The van der Waals surface area contributed by atoms with Gasteiger partial charge in [-0.05, 0) is 11.4 Å². The van der Waals surface area contributed by atoms with Crippen LogP contribution in [0.25, 0.3) is 0 Å². The van der Waals surface area contributed by atoms with Crippen molar-refractivity contribution in [1.82, 2.24) is 5.32 Å². The van der Waals surface area contributed by atoms with Gasteiger partial charge in [0.05, 0.1) is 6.61 Å². The third-order valence-electron chi connectivity index (χ3n) is 1.97. The smallest absolute Gasteiger partial charge is 0.384 e. The lowest BCUT2D eigenvalue weighted by Gasteiger charge is -2.08. The average Bonchev–Trinajstić information content (AvgIpc) is 2.82. The first-order valence-corrected chi connectivity index (χ1v) is 6.42. The molecule has 0 saturated heterocycles. The maximum atomic E-state index is 11.8. The van der Waals surface area contributed by atoms with Crippen LogP contribution in [0.3, 0.4) is 0 Å². The molecule has 0 fully saturated rings. The molecule has 0 aliphatic heterocycles. The maximum absolute atomic E-state index is 11.8. The Morgan fingerprint density at radius 2 is 2.25 bits per heavy atom. The highest BCUT2D eigenvalue weighted by molar-refractivity contribution is 7.12. The predicted molar refractivity (Wildman–Crippen MR) is 67.5 cm³/mol. The second-order valence-electron chi connectivity index (χ2n) is 3.55. The zero-order valence-electron chi connectivity index (χ0n) is 10.3. The summed E-state index contributed by atoms with van der Waals surface area (Å²) in [7, 11) is 0. The fraction of sp³-hybridized carbons (Fsp3) is 0.417. The quantitative estimate of drug-likeness (QED) is 0.638. The fourth-order valence-electron chi connectivity index (χ4n) is 1.22. The SMILES string of the molecule is O=C(NCCOCC(F)(F)F)c1sccc1C#CCO. The molecule has 110 valence electrons. The van der Waals surface area contributed by atoms with Crippen LogP contribution in [0.4, 0.5) is 13.2 Å². The molecule has 1 aromatic rings. The summed E-state index contributed by atoms with van der Waals surface area (Å²) in [6.07, 6.45) is -4.37. The molecule has 0 aliphatic rings. The number of alkyl halides is 3. The van der Waals surface area contributed by atoms with E-state index in [0.717, 1.165) is 11.3 Å². The van der Waals surface area contributed by atoms with Crippen molar-refractivity contribution in [3.05, 3.63) is 21.9 Å². The van der Waals surface area contributed by atoms with E-state index in [1.165, 1.54) is 0 Å². The molecule has 1 heterocycles. The average molecular weight is 307 g/mol. The lowest BCUT2D eigenvalue weighted by molar-refractivity contribution is -0.173. The van der Waals surface area contributed by atoms with E-state index in [9.17, 15) is 18.0 Å². The van der Waals surface area contributed by atoms with Gasteiger partial charge >= 0.3 is 6.18 Å². The van der Waals surface area contributed by atoms with Crippen molar-refractivity contribution in [2.75, 3.05) is 26.4 Å². The molecule has 0 atom stereocenters. The van der Waals surface area contributed by atoms with Gasteiger partial charge in [0.25, 0.3) is 5.91 Å². The van der Waals surface area contributed by atoms with Gasteiger partial charge < -0.3 is 15.2 Å². The zero-order chi connectivity index (χ0) is 15.0. The van der Waals surface area contributed by atoms with Crippen molar-refractivity contribution in [2.45, 2.75) is 6.18 Å². The summed E-state index contributed by atoms with van der Waals surface area (Å²) in [5, 5.41) is 12.7. The first-order valence-electron chi connectivity index (χ1n) is 5.54.